The van der Waals surface area contributed by atoms with Crippen molar-refractivity contribution in [3.8, 4) is 0 Å². The zero-order valence-corrected chi connectivity index (χ0v) is 16.3. The van der Waals surface area contributed by atoms with Crippen LogP contribution in [0.1, 0.15) is 25.8 Å². The van der Waals surface area contributed by atoms with Crippen LogP contribution in [0.15, 0.2) is 21.5 Å². The number of nitro benzene ring substituents is 1. The third-order valence-electron chi connectivity index (χ3n) is 3.16. The number of rotatable bonds is 7. The van der Waals surface area contributed by atoms with Gasteiger partial charge in [-0.15, -0.1) is 12.4 Å². The molecule has 0 saturated carbocycles. The predicted molar refractivity (Wildman–Crippen MR) is 95.4 cm³/mol. The number of hydrogen-bond acceptors (Lipinski definition) is 5. The Morgan fingerprint density at radius 1 is 1.39 bits per heavy atom. The van der Waals surface area contributed by atoms with Crippen molar-refractivity contribution >= 4 is 44.0 Å². The van der Waals surface area contributed by atoms with Gasteiger partial charge in [0, 0.05) is 28.7 Å². The van der Waals surface area contributed by atoms with E-state index in [1.54, 1.807) is 6.92 Å². The molecule has 0 aromatic heterocycles. The van der Waals surface area contributed by atoms with Crippen molar-refractivity contribution in [2.24, 2.45) is 11.7 Å². The van der Waals surface area contributed by atoms with Gasteiger partial charge in [0.05, 0.1) is 9.82 Å². The number of nitro groups is 1. The fourth-order valence-corrected chi connectivity index (χ4v) is 3.94. The van der Waals surface area contributed by atoms with Crippen LogP contribution >= 0.6 is 28.3 Å². The molecule has 0 amide bonds. The van der Waals surface area contributed by atoms with Gasteiger partial charge in [0.25, 0.3) is 5.69 Å². The molecule has 132 valence electrons. The first-order chi connectivity index (χ1) is 10.1. The third kappa shape index (κ3) is 6.00. The lowest BCUT2D eigenvalue weighted by molar-refractivity contribution is -0.385. The summed E-state index contributed by atoms with van der Waals surface area (Å²) in [5, 5.41) is 11.0. The number of benzene rings is 1. The summed E-state index contributed by atoms with van der Waals surface area (Å²) in [6, 6.07) is 2.00. The summed E-state index contributed by atoms with van der Waals surface area (Å²) >= 11 is 3.16. The van der Waals surface area contributed by atoms with Gasteiger partial charge in [0.1, 0.15) is 0 Å². The minimum atomic E-state index is -3.88. The van der Waals surface area contributed by atoms with Gasteiger partial charge in [-0.2, -0.15) is 0 Å². The van der Waals surface area contributed by atoms with Crippen LogP contribution in [0.5, 0.6) is 0 Å². The number of nitrogens with two attached hydrogens (primary N) is 1. The fraction of sp³-hybridized carbons (Fsp3) is 0.538. The highest BCUT2D eigenvalue weighted by molar-refractivity contribution is 9.10. The fourth-order valence-electron chi connectivity index (χ4n) is 2.03. The lowest BCUT2D eigenvalue weighted by Gasteiger charge is -2.19. The molecule has 7 nitrogen and oxygen atoms in total. The largest absolute Gasteiger partial charge is 0.329 e. The van der Waals surface area contributed by atoms with E-state index >= 15 is 0 Å². The maximum atomic E-state index is 12.4. The second-order valence-corrected chi connectivity index (χ2v) is 8.06. The molecule has 1 aromatic carbocycles. The number of nitrogens with zero attached hydrogens (tertiary/aromatic N) is 1. The summed E-state index contributed by atoms with van der Waals surface area (Å²) in [4.78, 5) is 10.3. The Morgan fingerprint density at radius 2 is 1.96 bits per heavy atom. The first-order valence-electron chi connectivity index (χ1n) is 6.75. The molecule has 1 unspecified atom stereocenters. The molecule has 1 atom stereocenters. The van der Waals surface area contributed by atoms with E-state index in [2.05, 4.69) is 20.7 Å². The van der Waals surface area contributed by atoms with Crippen LogP contribution in [0.2, 0.25) is 0 Å². The molecule has 10 heteroatoms. The summed E-state index contributed by atoms with van der Waals surface area (Å²) in [5.74, 6) is 0.273. The summed E-state index contributed by atoms with van der Waals surface area (Å²) < 4.78 is 27.7. The van der Waals surface area contributed by atoms with Crippen LogP contribution in [0, 0.1) is 23.0 Å². The molecule has 0 aliphatic rings. The van der Waals surface area contributed by atoms with Gasteiger partial charge in [-0.25, -0.2) is 13.1 Å². The Morgan fingerprint density at radius 3 is 2.39 bits per heavy atom. The molecule has 0 aliphatic heterocycles. The smallest absolute Gasteiger partial charge is 0.274 e. The zero-order chi connectivity index (χ0) is 17.1. The first-order valence-corrected chi connectivity index (χ1v) is 9.03. The van der Waals surface area contributed by atoms with Gasteiger partial charge in [-0.1, -0.05) is 29.8 Å². The van der Waals surface area contributed by atoms with Crippen LogP contribution in [-0.2, 0) is 10.0 Å². The molecule has 0 saturated heterocycles. The lowest BCUT2D eigenvalue weighted by Crippen LogP contribution is -2.41. The molecule has 0 fully saturated rings. The van der Waals surface area contributed by atoms with Crippen LogP contribution < -0.4 is 10.5 Å². The second kappa shape index (κ2) is 8.93. The van der Waals surface area contributed by atoms with E-state index in [1.165, 1.54) is 6.07 Å². The third-order valence-corrected chi connectivity index (χ3v) is 5.48. The quantitative estimate of drug-likeness (QED) is 0.510. The highest BCUT2D eigenvalue weighted by Gasteiger charge is 2.24. The van der Waals surface area contributed by atoms with Crippen molar-refractivity contribution < 1.29 is 13.3 Å². The van der Waals surface area contributed by atoms with E-state index in [0.29, 0.717) is 16.5 Å². The van der Waals surface area contributed by atoms with Crippen LogP contribution in [0.25, 0.3) is 0 Å². The molecule has 1 rings (SSSR count). The molecule has 0 heterocycles. The molecule has 0 aliphatic carbocycles. The van der Waals surface area contributed by atoms with Crippen molar-refractivity contribution in [3.63, 3.8) is 0 Å². The highest BCUT2D eigenvalue weighted by atomic mass is 79.9. The van der Waals surface area contributed by atoms with Crippen molar-refractivity contribution in [2.45, 2.75) is 38.1 Å². The van der Waals surface area contributed by atoms with E-state index in [1.807, 2.05) is 13.8 Å². The maximum absolute atomic E-state index is 12.4. The summed E-state index contributed by atoms with van der Waals surface area (Å²) in [5.41, 5.74) is 5.72. The number of hydrogen-bond donors (Lipinski definition) is 2. The Balaban J connectivity index is 0.00000484. The van der Waals surface area contributed by atoms with E-state index < -0.39 is 21.0 Å². The Kier molecular flexibility index (Phi) is 8.64. The lowest BCUT2D eigenvalue weighted by atomic mass is 10.1. The molecular weight excluding hydrogens is 410 g/mol. The SMILES string of the molecule is Cc1c(Br)cc(S(=O)(=O)NC(CN)CC(C)C)cc1[N+](=O)[O-].Cl. The minimum absolute atomic E-state index is 0. The average Bonchev–Trinajstić information content (AvgIpc) is 2.39. The topological polar surface area (TPSA) is 115 Å². The van der Waals surface area contributed by atoms with Gasteiger partial charge in [-0.05, 0) is 25.3 Å². The molecule has 0 bridgehead atoms. The van der Waals surface area contributed by atoms with E-state index in [0.717, 1.165) is 6.07 Å². The van der Waals surface area contributed by atoms with Crippen molar-refractivity contribution in [1.82, 2.24) is 4.72 Å². The Labute approximate surface area is 150 Å². The first kappa shape index (κ1) is 22.3. The summed E-state index contributed by atoms with van der Waals surface area (Å²) in [6.07, 6.45) is 0.588. The maximum Gasteiger partial charge on any atom is 0.274 e. The Bertz CT molecular complexity index is 667. The summed E-state index contributed by atoms with van der Waals surface area (Å²) in [7, 11) is -3.88. The average molecular weight is 431 g/mol. The summed E-state index contributed by atoms with van der Waals surface area (Å²) in [6.45, 7) is 5.63. The molecular formula is C13H21BrClN3O4S. The minimum Gasteiger partial charge on any atom is -0.329 e. The standard InChI is InChI=1S/C13H20BrN3O4S.ClH/c1-8(2)4-10(7-15)16-22(20,21)11-5-12(14)9(3)13(6-11)17(18)19;/h5-6,8,10,16H,4,7,15H2,1-3H3;1H. The predicted octanol–water partition coefficient (Wildman–Crippen LogP) is 2.74. The molecule has 0 radical (unpaired) electrons. The molecule has 0 spiro atoms. The van der Waals surface area contributed by atoms with Crippen molar-refractivity contribution in [2.75, 3.05) is 6.54 Å². The Hall–Kier alpha value is -0.740. The second-order valence-electron chi connectivity index (χ2n) is 5.49. The van der Waals surface area contributed by atoms with E-state index in [-0.39, 0.29) is 35.5 Å². The normalized spacial score (nSPS) is 12.8. The number of halogens is 2. The zero-order valence-electron chi connectivity index (χ0n) is 13.1. The molecule has 1 aromatic rings. The van der Waals surface area contributed by atoms with Crippen LogP contribution in [-0.4, -0.2) is 25.9 Å². The van der Waals surface area contributed by atoms with Gasteiger partial charge in [-0.3, -0.25) is 10.1 Å². The van der Waals surface area contributed by atoms with E-state index in [4.69, 9.17) is 5.73 Å². The van der Waals surface area contributed by atoms with Gasteiger partial charge in [0.15, 0.2) is 0 Å². The van der Waals surface area contributed by atoms with Crippen molar-refractivity contribution in [3.05, 3.63) is 32.3 Å². The van der Waals surface area contributed by atoms with Crippen LogP contribution in [0.4, 0.5) is 5.69 Å². The number of nitrogens with one attached hydrogen (secondary N) is 1. The van der Waals surface area contributed by atoms with Crippen LogP contribution in [0.3, 0.4) is 0 Å². The van der Waals surface area contributed by atoms with Gasteiger partial charge in [0.2, 0.25) is 10.0 Å². The van der Waals surface area contributed by atoms with Gasteiger partial charge < -0.3 is 5.73 Å². The molecule has 3 N–H and O–H groups in total. The number of sulfonamides is 1. The monoisotopic (exact) mass is 429 g/mol. The van der Waals surface area contributed by atoms with Gasteiger partial charge >= 0.3 is 0 Å². The van der Waals surface area contributed by atoms with E-state index in [9.17, 15) is 18.5 Å². The molecule has 23 heavy (non-hydrogen) atoms. The van der Waals surface area contributed by atoms with Crippen molar-refractivity contribution in [1.29, 1.82) is 0 Å². The highest BCUT2D eigenvalue weighted by Crippen LogP contribution is 2.30.